The second-order valence-electron chi connectivity index (χ2n) is 6.81. The number of guanidine groups is 1. The van der Waals surface area contributed by atoms with E-state index in [-0.39, 0.29) is 42.5 Å². The lowest BCUT2D eigenvalue weighted by Crippen LogP contribution is -2.39. The maximum Gasteiger partial charge on any atom is 0.242 e. The van der Waals surface area contributed by atoms with Crippen molar-refractivity contribution < 1.29 is 19.0 Å². The highest BCUT2D eigenvalue weighted by Crippen LogP contribution is 2.12. The van der Waals surface area contributed by atoms with Gasteiger partial charge in [-0.05, 0) is 43.9 Å². The van der Waals surface area contributed by atoms with Crippen LogP contribution in [0.4, 0.5) is 0 Å². The number of halogens is 1. The van der Waals surface area contributed by atoms with Gasteiger partial charge in [-0.25, -0.2) is 4.99 Å². The van der Waals surface area contributed by atoms with E-state index in [0.29, 0.717) is 25.7 Å². The standard InChI is InChI=1S/C21H34N4O4.HI/c1-3-22-21(23-11-5-12-28-16-19-6-4-13-29-19)25-15-20(26)24-14-17-7-9-18(27-2)10-8-17;/h7-10,19H,3-6,11-16H2,1-2H3,(H,24,26)(H2,22,23,25);1H. The third-order valence-electron chi connectivity index (χ3n) is 4.46. The second-order valence-corrected chi connectivity index (χ2v) is 6.81. The van der Waals surface area contributed by atoms with Crippen molar-refractivity contribution >= 4 is 35.8 Å². The van der Waals surface area contributed by atoms with Gasteiger partial charge in [0.25, 0.3) is 0 Å². The molecular weight excluding hydrogens is 499 g/mol. The van der Waals surface area contributed by atoms with E-state index in [0.717, 1.165) is 50.3 Å². The number of aliphatic imine (C=N–C) groups is 1. The highest BCUT2D eigenvalue weighted by atomic mass is 127. The lowest BCUT2D eigenvalue weighted by atomic mass is 10.2. The van der Waals surface area contributed by atoms with Crippen LogP contribution in [-0.2, 0) is 20.8 Å². The van der Waals surface area contributed by atoms with Crippen LogP contribution in [0.15, 0.2) is 29.3 Å². The zero-order valence-corrected chi connectivity index (χ0v) is 20.3. The van der Waals surface area contributed by atoms with Crippen molar-refractivity contribution in [3.8, 4) is 5.75 Å². The van der Waals surface area contributed by atoms with Crippen molar-refractivity contribution in [2.45, 2.75) is 38.8 Å². The van der Waals surface area contributed by atoms with Crippen LogP contribution in [0, 0.1) is 0 Å². The number of amides is 1. The molecule has 1 aliphatic heterocycles. The van der Waals surface area contributed by atoms with Crippen molar-refractivity contribution in [1.29, 1.82) is 0 Å². The van der Waals surface area contributed by atoms with E-state index >= 15 is 0 Å². The van der Waals surface area contributed by atoms with Crippen molar-refractivity contribution in [1.82, 2.24) is 16.0 Å². The summed E-state index contributed by atoms with van der Waals surface area (Å²) >= 11 is 0. The Morgan fingerprint density at radius 1 is 1.23 bits per heavy atom. The molecule has 0 saturated carbocycles. The first-order chi connectivity index (χ1) is 14.2. The van der Waals surface area contributed by atoms with Gasteiger partial charge in [-0.3, -0.25) is 4.79 Å². The zero-order valence-electron chi connectivity index (χ0n) is 17.9. The van der Waals surface area contributed by atoms with Crippen molar-refractivity contribution in [3.05, 3.63) is 29.8 Å². The summed E-state index contributed by atoms with van der Waals surface area (Å²) in [6.07, 6.45) is 3.35. The minimum absolute atomic E-state index is 0. The molecule has 1 heterocycles. The maximum atomic E-state index is 12.1. The van der Waals surface area contributed by atoms with E-state index < -0.39 is 0 Å². The van der Waals surface area contributed by atoms with Gasteiger partial charge in [-0.1, -0.05) is 12.1 Å². The van der Waals surface area contributed by atoms with E-state index in [2.05, 4.69) is 20.9 Å². The molecule has 2 rings (SSSR count). The molecular formula is C21H35IN4O4. The Kier molecular flexibility index (Phi) is 14.2. The first-order valence-corrected chi connectivity index (χ1v) is 10.3. The number of methoxy groups -OCH3 is 1. The first kappa shape index (κ1) is 26.4. The number of benzene rings is 1. The van der Waals surface area contributed by atoms with Crippen molar-refractivity contribution in [2.24, 2.45) is 4.99 Å². The summed E-state index contributed by atoms with van der Waals surface area (Å²) in [7, 11) is 1.63. The SMILES string of the molecule is CCNC(=NCC(=O)NCc1ccc(OC)cc1)NCCCOCC1CCCO1.I. The van der Waals surface area contributed by atoms with E-state index in [9.17, 15) is 4.79 Å². The van der Waals surface area contributed by atoms with E-state index in [4.69, 9.17) is 14.2 Å². The van der Waals surface area contributed by atoms with Gasteiger partial charge >= 0.3 is 0 Å². The smallest absolute Gasteiger partial charge is 0.242 e. The predicted molar refractivity (Wildman–Crippen MR) is 129 cm³/mol. The van der Waals surface area contributed by atoms with Gasteiger partial charge in [-0.15, -0.1) is 24.0 Å². The van der Waals surface area contributed by atoms with Crippen LogP contribution in [-0.4, -0.2) is 64.5 Å². The summed E-state index contributed by atoms with van der Waals surface area (Å²) in [6.45, 7) is 6.18. The fourth-order valence-corrected chi connectivity index (χ4v) is 2.86. The number of carbonyl (C=O) groups is 1. The minimum atomic E-state index is -0.127. The molecule has 1 aliphatic rings. The Balaban J connectivity index is 0.00000450. The number of nitrogens with zero attached hydrogens (tertiary/aromatic N) is 1. The van der Waals surface area contributed by atoms with Crippen LogP contribution >= 0.6 is 24.0 Å². The van der Waals surface area contributed by atoms with Gasteiger partial charge in [0.1, 0.15) is 12.3 Å². The molecule has 30 heavy (non-hydrogen) atoms. The third kappa shape index (κ3) is 11.0. The molecule has 1 aromatic carbocycles. The van der Waals surface area contributed by atoms with Crippen LogP contribution < -0.4 is 20.7 Å². The number of hydrogen-bond donors (Lipinski definition) is 3. The fourth-order valence-electron chi connectivity index (χ4n) is 2.86. The molecule has 8 nitrogen and oxygen atoms in total. The molecule has 3 N–H and O–H groups in total. The number of ether oxygens (including phenoxy) is 3. The topological polar surface area (TPSA) is 93.2 Å². The summed E-state index contributed by atoms with van der Waals surface area (Å²) < 4.78 is 16.3. The molecule has 1 atom stereocenters. The molecule has 1 saturated heterocycles. The van der Waals surface area contributed by atoms with Crippen LogP contribution in [0.1, 0.15) is 31.7 Å². The average Bonchev–Trinajstić information content (AvgIpc) is 3.26. The van der Waals surface area contributed by atoms with Gasteiger partial charge in [0.15, 0.2) is 5.96 Å². The summed E-state index contributed by atoms with van der Waals surface area (Å²) in [4.78, 5) is 16.4. The average molecular weight is 534 g/mol. The maximum absolute atomic E-state index is 12.1. The summed E-state index contributed by atoms with van der Waals surface area (Å²) in [5.74, 6) is 1.30. The van der Waals surface area contributed by atoms with Crippen molar-refractivity contribution in [2.75, 3.05) is 46.6 Å². The monoisotopic (exact) mass is 534 g/mol. The Bertz CT molecular complexity index is 622. The Morgan fingerprint density at radius 2 is 2.03 bits per heavy atom. The van der Waals surface area contributed by atoms with E-state index in [1.807, 2.05) is 31.2 Å². The normalized spacial score (nSPS) is 15.9. The van der Waals surface area contributed by atoms with Crippen LogP contribution in [0.2, 0.25) is 0 Å². The molecule has 1 amide bonds. The van der Waals surface area contributed by atoms with E-state index in [1.54, 1.807) is 7.11 Å². The molecule has 9 heteroatoms. The molecule has 0 radical (unpaired) electrons. The molecule has 170 valence electrons. The van der Waals surface area contributed by atoms with Gasteiger partial charge < -0.3 is 30.2 Å². The quantitative estimate of drug-likeness (QED) is 0.165. The van der Waals surface area contributed by atoms with Crippen LogP contribution in [0.5, 0.6) is 5.75 Å². The summed E-state index contributed by atoms with van der Waals surface area (Å²) in [5, 5.41) is 9.24. The number of nitrogens with one attached hydrogen (secondary N) is 3. The summed E-state index contributed by atoms with van der Waals surface area (Å²) in [6, 6.07) is 7.60. The van der Waals surface area contributed by atoms with E-state index in [1.165, 1.54) is 0 Å². The number of rotatable bonds is 12. The van der Waals surface area contributed by atoms with Crippen LogP contribution in [0.25, 0.3) is 0 Å². The lowest BCUT2D eigenvalue weighted by Gasteiger charge is -2.12. The molecule has 0 spiro atoms. The molecule has 0 bridgehead atoms. The zero-order chi connectivity index (χ0) is 20.7. The molecule has 1 unspecified atom stereocenters. The fraction of sp³-hybridized carbons (Fsp3) is 0.619. The minimum Gasteiger partial charge on any atom is -0.497 e. The third-order valence-corrected chi connectivity index (χ3v) is 4.46. The predicted octanol–water partition coefficient (Wildman–Crippen LogP) is 2.07. The first-order valence-electron chi connectivity index (χ1n) is 10.3. The van der Waals surface area contributed by atoms with Gasteiger partial charge in [0, 0.05) is 32.8 Å². The van der Waals surface area contributed by atoms with Crippen LogP contribution in [0.3, 0.4) is 0 Å². The van der Waals surface area contributed by atoms with Gasteiger partial charge in [0.2, 0.25) is 5.91 Å². The largest absolute Gasteiger partial charge is 0.497 e. The highest BCUT2D eigenvalue weighted by Gasteiger charge is 2.14. The summed E-state index contributed by atoms with van der Waals surface area (Å²) in [5.41, 5.74) is 1.01. The molecule has 0 aliphatic carbocycles. The Morgan fingerprint density at radius 3 is 2.70 bits per heavy atom. The molecule has 1 aromatic rings. The van der Waals surface area contributed by atoms with Gasteiger partial charge in [-0.2, -0.15) is 0 Å². The Hall–Kier alpha value is -1.59. The molecule has 0 aromatic heterocycles. The number of hydrogen-bond acceptors (Lipinski definition) is 5. The Labute approximate surface area is 196 Å². The lowest BCUT2D eigenvalue weighted by molar-refractivity contribution is -0.119. The second kappa shape index (κ2) is 16.1. The number of carbonyl (C=O) groups excluding carboxylic acids is 1. The van der Waals surface area contributed by atoms with Gasteiger partial charge in [0.05, 0.1) is 19.8 Å². The van der Waals surface area contributed by atoms with Crippen molar-refractivity contribution in [3.63, 3.8) is 0 Å². The molecule has 1 fully saturated rings. The highest BCUT2D eigenvalue weighted by molar-refractivity contribution is 14.0.